The van der Waals surface area contributed by atoms with E-state index in [-0.39, 0.29) is 11.9 Å². The van der Waals surface area contributed by atoms with E-state index in [2.05, 4.69) is 10.3 Å². The molecule has 0 aliphatic rings. The maximum Gasteiger partial charge on any atom is 0.128 e. The zero-order chi connectivity index (χ0) is 14.7. The van der Waals surface area contributed by atoms with Gasteiger partial charge in [0.05, 0.1) is 0 Å². The van der Waals surface area contributed by atoms with Crippen molar-refractivity contribution in [2.75, 3.05) is 12.8 Å². The van der Waals surface area contributed by atoms with E-state index in [9.17, 15) is 4.39 Å². The van der Waals surface area contributed by atoms with Gasteiger partial charge in [-0.15, -0.1) is 0 Å². The fourth-order valence-electron chi connectivity index (χ4n) is 2.16. The summed E-state index contributed by atoms with van der Waals surface area (Å²) in [5.74, 6) is 0.157. The molecular formula is C15H17ClFN3. The highest BCUT2D eigenvalue weighted by atomic mass is 35.5. The third-order valence-electron chi connectivity index (χ3n) is 3.25. The molecule has 1 unspecified atom stereocenters. The van der Waals surface area contributed by atoms with Gasteiger partial charge in [0.25, 0.3) is 0 Å². The summed E-state index contributed by atoms with van der Waals surface area (Å²) >= 11 is 6.07. The number of nitrogens with one attached hydrogen (secondary N) is 1. The second-order valence-electron chi connectivity index (χ2n) is 4.77. The molecule has 106 valence electrons. The predicted octanol–water partition coefficient (Wildman–Crippen LogP) is 3.27. The predicted molar refractivity (Wildman–Crippen MR) is 80.3 cm³/mol. The number of pyridine rings is 1. The molecule has 1 aromatic heterocycles. The van der Waals surface area contributed by atoms with Crippen molar-refractivity contribution in [1.82, 2.24) is 10.3 Å². The number of halogens is 2. The van der Waals surface area contributed by atoms with Crippen LogP contribution in [0.4, 0.5) is 10.2 Å². The van der Waals surface area contributed by atoms with E-state index < -0.39 is 0 Å². The van der Waals surface area contributed by atoms with Crippen molar-refractivity contribution in [1.29, 1.82) is 0 Å². The molecule has 0 spiro atoms. The Morgan fingerprint density at radius 1 is 1.40 bits per heavy atom. The largest absolute Gasteiger partial charge is 0.383 e. The van der Waals surface area contributed by atoms with Gasteiger partial charge in [-0.25, -0.2) is 9.37 Å². The highest BCUT2D eigenvalue weighted by molar-refractivity contribution is 6.31. The van der Waals surface area contributed by atoms with E-state index in [0.29, 0.717) is 17.3 Å². The number of aromatic nitrogens is 1. The summed E-state index contributed by atoms with van der Waals surface area (Å²) in [6, 6.07) is 6.40. The molecule has 0 aliphatic carbocycles. The Hall–Kier alpha value is -1.65. The number of likely N-dealkylation sites (N-methyl/N-ethyl adjacent to an activating group) is 1. The van der Waals surface area contributed by atoms with Crippen LogP contribution in [0.1, 0.15) is 22.7 Å². The lowest BCUT2D eigenvalue weighted by Crippen LogP contribution is -2.21. The van der Waals surface area contributed by atoms with Crippen LogP contribution >= 0.6 is 11.6 Å². The molecule has 3 nitrogen and oxygen atoms in total. The minimum absolute atomic E-state index is 0.0228. The summed E-state index contributed by atoms with van der Waals surface area (Å²) in [5.41, 5.74) is 8.77. The number of nitrogen functional groups attached to an aromatic ring is 1. The second-order valence-corrected chi connectivity index (χ2v) is 5.18. The molecule has 5 heteroatoms. The quantitative estimate of drug-likeness (QED) is 0.909. The van der Waals surface area contributed by atoms with E-state index in [1.807, 2.05) is 20.0 Å². The third-order valence-corrected chi connectivity index (χ3v) is 3.60. The zero-order valence-electron chi connectivity index (χ0n) is 11.5. The average Bonchev–Trinajstić information content (AvgIpc) is 2.41. The van der Waals surface area contributed by atoms with E-state index in [4.69, 9.17) is 17.3 Å². The highest BCUT2D eigenvalue weighted by Gasteiger charge is 2.16. The van der Waals surface area contributed by atoms with Crippen LogP contribution in [-0.2, 0) is 6.42 Å². The van der Waals surface area contributed by atoms with Crippen LogP contribution in [0.5, 0.6) is 0 Å². The molecule has 0 amide bonds. The SMILES string of the molecule is CNC(Cc1ccc(F)cc1Cl)c1cc(C)cnc1N. The van der Waals surface area contributed by atoms with Crippen molar-refractivity contribution >= 4 is 17.4 Å². The monoisotopic (exact) mass is 293 g/mol. The lowest BCUT2D eigenvalue weighted by atomic mass is 9.98. The molecule has 3 N–H and O–H groups in total. The fourth-order valence-corrected chi connectivity index (χ4v) is 2.40. The van der Waals surface area contributed by atoms with Crippen LogP contribution in [0.2, 0.25) is 5.02 Å². The van der Waals surface area contributed by atoms with Gasteiger partial charge in [-0.05, 0) is 49.7 Å². The van der Waals surface area contributed by atoms with Crippen molar-refractivity contribution in [3.63, 3.8) is 0 Å². The molecule has 0 saturated heterocycles. The smallest absolute Gasteiger partial charge is 0.128 e. The Morgan fingerprint density at radius 2 is 2.15 bits per heavy atom. The van der Waals surface area contributed by atoms with Crippen LogP contribution in [0.3, 0.4) is 0 Å². The molecule has 1 aromatic carbocycles. The Kier molecular flexibility index (Phi) is 4.57. The van der Waals surface area contributed by atoms with Crippen LogP contribution < -0.4 is 11.1 Å². The van der Waals surface area contributed by atoms with E-state index in [0.717, 1.165) is 16.7 Å². The lowest BCUT2D eigenvalue weighted by Gasteiger charge is -2.19. The molecule has 1 atom stereocenters. The maximum atomic E-state index is 13.1. The summed E-state index contributed by atoms with van der Waals surface area (Å²) in [4.78, 5) is 4.17. The van der Waals surface area contributed by atoms with E-state index >= 15 is 0 Å². The summed E-state index contributed by atoms with van der Waals surface area (Å²) < 4.78 is 13.1. The Balaban J connectivity index is 2.31. The van der Waals surface area contributed by atoms with Crippen LogP contribution in [0, 0.1) is 12.7 Å². The van der Waals surface area contributed by atoms with Gasteiger partial charge in [-0.2, -0.15) is 0 Å². The van der Waals surface area contributed by atoms with Crippen LogP contribution in [-0.4, -0.2) is 12.0 Å². The first-order valence-electron chi connectivity index (χ1n) is 6.34. The molecule has 0 radical (unpaired) electrons. The normalized spacial score (nSPS) is 12.4. The number of rotatable bonds is 4. The molecule has 1 heterocycles. The Morgan fingerprint density at radius 3 is 2.80 bits per heavy atom. The number of hydrogen-bond acceptors (Lipinski definition) is 3. The van der Waals surface area contributed by atoms with Gasteiger partial charge in [0, 0.05) is 22.8 Å². The number of aryl methyl sites for hydroxylation is 1. The van der Waals surface area contributed by atoms with Crippen molar-refractivity contribution in [3.8, 4) is 0 Å². The average molecular weight is 294 g/mol. The molecule has 2 aromatic rings. The number of hydrogen-bond donors (Lipinski definition) is 2. The first-order valence-corrected chi connectivity index (χ1v) is 6.72. The van der Waals surface area contributed by atoms with Gasteiger partial charge in [0.2, 0.25) is 0 Å². The van der Waals surface area contributed by atoms with Crippen LogP contribution in [0.15, 0.2) is 30.5 Å². The molecule has 20 heavy (non-hydrogen) atoms. The topological polar surface area (TPSA) is 50.9 Å². The van der Waals surface area contributed by atoms with Crippen molar-refractivity contribution < 1.29 is 4.39 Å². The lowest BCUT2D eigenvalue weighted by molar-refractivity contribution is 0.588. The summed E-state index contributed by atoms with van der Waals surface area (Å²) in [6.07, 6.45) is 2.35. The van der Waals surface area contributed by atoms with Crippen LogP contribution in [0.25, 0.3) is 0 Å². The van der Waals surface area contributed by atoms with Gasteiger partial charge in [0.15, 0.2) is 0 Å². The maximum absolute atomic E-state index is 13.1. The van der Waals surface area contributed by atoms with Crippen molar-refractivity contribution in [3.05, 3.63) is 58.0 Å². The molecule has 0 bridgehead atoms. The third kappa shape index (κ3) is 3.26. The van der Waals surface area contributed by atoms with Gasteiger partial charge in [0.1, 0.15) is 11.6 Å². The van der Waals surface area contributed by atoms with Gasteiger partial charge >= 0.3 is 0 Å². The Bertz CT molecular complexity index is 616. The molecule has 0 aliphatic heterocycles. The zero-order valence-corrected chi connectivity index (χ0v) is 12.2. The van der Waals surface area contributed by atoms with Crippen molar-refractivity contribution in [2.45, 2.75) is 19.4 Å². The minimum atomic E-state index is -0.337. The number of nitrogens with zero attached hydrogens (tertiary/aromatic N) is 1. The fraction of sp³-hybridized carbons (Fsp3) is 0.267. The first kappa shape index (κ1) is 14.8. The van der Waals surface area contributed by atoms with E-state index in [1.165, 1.54) is 12.1 Å². The van der Waals surface area contributed by atoms with Gasteiger partial charge in [-0.3, -0.25) is 0 Å². The highest BCUT2D eigenvalue weighted by Crippen LogP contribution is 2.26. The Labute approximate surface area is 123 Å². The summed E-state index contributed by atoms with van der Waals surface area (Å²) in [7, 11) is 1.85. The second kappa shape index (κ2) is 6.20. The van der Waals surface area contributed by atoms with Gasteiger partial charge in [-0.1, -0.05) is 17.7 Å². The van der Waals surface area contributed by atoms with E-state index in [1.54, 1.807) is 12.3 Å². The molecule has 2 rings (SSSR count). The van der Waals surface area contributed by atoms with Crippen molar-refractivity contribution in [2.24, 2.45) is 0 Å². The number of nitrogens with two attached hydrogens (primary N) is 1. The number of anilines is 1. The minimum Gasteiger partial charge on any atom is -0.383 e. The summed E-state index contributed by atoms with van der Waals surface area (Å²) in [6.45, 7) is 1.97. The molecule has 0 saturated carbocycles. The standard InChI is InChI=1S/C15H17ClFN3/c1-9-5-12(15(18)20-8-9)14(19-2)6-10-3-4-11(17)7-13(10)16/h3-5,7-8,14,19H,6H2,1-2H3,(H2,18,20). The summed E-state index contributed by atoms with van der Waals surface area (Å²) in [5, 5.41) is 3.63. The van der Waals surface area contributed by atoms with Gasteiger partial charge < -0.3 is 11.1 Å². The molecular weight excluding hydrogens is 277 g/mol. The molecule has 0 fully saturated rings. The number of benzene rings is 1. The first-order chi connectivity index (χ1) is 9.51.